The molecule has 0 radical (unpaired) electrons. The van der Waals surface area contributed by atoms with Crippen molar-refractivity contribution in [1.29, 1.82) is 5.26 Å². The third-order valence-corrected chi connectivity index (χ3v) is 11.0. The number of nitrogens with zero attached hydrogens (tertiary/aromatic N) is 4. The predicted molar refractivity (Wildman–Crippen MR) is 236 cm³/mol. The molecule has 0 aliphatic heterocycles. The number of rotatable bonds is 6. The minimum atomic E-state index is 0.602. The molecule has 0 atom stereocenters. The maximum Gasteiger partial charge on any atom is 0.160 e. The van der Waals surface area contributed by atoms with Crippen molar-refractivity contribution in [3.8, 4) is 67.9 Å². The summed E-state index contributed by atoms with van der Waals surface area (Å²) in [5.41, 5.74) is 14.0. The summed E-state index contributed by atoms with van der Waals surface area (Å²) in [5, 5.41) is 14.4. The molecule has 0 unspecified atom stereocenters. The number of fused-ring (bicyclic) bond motifs is 6. The topological polar surface area (TPSA) is 67.6 Å². The fraction of sp³-hybridized carbons (Fsp3) is 0. The van der Waals surface area contributed by atoms with Crippen LogP contribution >= 0.6 is 0 Å². The Morgan fingerprint density at radius 3 is 1.91 bits per heavy atom. The van der Waals surface area contributed by atoms with Crippen LogP contribution in [0.15, 0.2) is 199 Å². The molecule has 0 fully saturated rings. The molecule has 0 saturated carbocycles. The lowest BCUT2D eigenvalue weighted by Gasteiger charge is -2.15. The van der Waals surface area contributed by atoms with E-state index in [0.717, 1.165) is 99.8 Å². The molecule has 0 amide bonds. The molecule has 5 nitrogen and oxygen atoms in total. The maximum absolute atomic E-state index is 9.91. The van der Waals surface area contributed by atoms with Gasteiger partial charge in [0, 0.05) is 49.5 Å². The highest BCUT2D eigenvalue weighted by molar-refractivity contribution is 6.13. The lowest BCUT2D eigenvalue weighted by molar-refractivity contribution is 0.670. The molecule has 0 aliphatic carbocycles. The lowest BCUT2D eigenvalue weighted by Crippen LogP contribution is -1.99. The van der Waals surface area contributed by atoms with Gasteiger partial charge in [0.05, 0.1) is 34.1 Å². The second kappa shape index (κ2) is 13.6. The molecule has 3 aromatic heterocycles. The number of para-hydroxylation sites is 3. The van der Waals surface area contributed by atoms with Gasteiger partial charge in [0.1, 0.15) is 11.2 Å². The summed E-state index contributed by atoms with van der Waals surface area (Å²) in [5.74, 6) is 0.650. The van der Waals surface area contributed by atoms with Gasteiger partial charge < -0.3 is 8.98 Å². The standard InChI is InChI=1S/C53H32N4O/c54-33-34-13-11-18-37(27-34)39-28-40(48-32-47(35-14-3-1-4-15-35)55-53(56-48)36-16-5-2-6-17-36)30-41(29-39)57-49-23-9-7-19-43(49)44-26-25-38(31-50(44)57)42-21-12-22-46-45-20-8-10-24-51(45)58-52(42)46/h1-32H. The Balaban J connectivity index is 1.18. The Morgan fingerprint density at radius 2 is 1.09 bits per heavy atom. The first-order valence-electron chi connectivity index (χ1n) is 19.3. The molecule has 0 spiro atoms. The van der Waals surface area contributed by atoms with Gasteiger partial charge in [0.25, 0.3) is 0 Å². The Kier molecular flexibility index (Phi) is 7.80. The van der Waals surface area contributed by atoms with Crippen LogP contribution in [0.1, 0.15) is 5.56 Å². The van der Waals surface area contributed by atoms with Crippen LogP contribution in [-0.2, 0) is 0 Å². The molecule has 5 heteroatoms. The lowest BCUT2D eigenvalue weighted by atomic mass is 9.98. The van der Waals surface area contributed by atoms with E-state index >= 15 is 0 Å². The molecule has 0 bridgehead atoms. The molecule has 8 aromatic carbocycles. The van der Waals surface area contributed by atoms with Crippen molar-refractivity contribution < 1.29 is 4.42 Å². The van der Waals surface area contributed by atoms with Crippen LogP contribution in [0.5, 0.6) is 0 Å². The van der Waals surface area contributed by atoms with Crippen LogP contribution in [0.25, 0.3) is 106 Å². The number of furan rings is 1. The van der Waals surface area contributed by atoms with Crippen molar-refractivity contribution in [2.75, 3.05) is 0 Å². The first-order chi connectivity index (χ1) is 28.7. The third-order valence-electron chi connectivity index (χ3n) is 11.0. The molecule has 0 aliphatic rings. The largest absolute Gasteiger partial charge is 0.455 e. The molecule has 11 aromatic rings. The summed E-state index contributed by atoms with van der Waals surface area (Å²) >= 11 is 0. The minimum Gasteiger partial charge on any atom is -0.455 e. The molecule has 3 heterocycles. The van der Waals surface area contributed by atoms with Crippen molar-refractivity contribution in [2.45, 2.75) is 0 Å². The molecule has 0 N–H and O–H groups in total. The molecular formula is C53H32N4O. The van der Waals surface area contributed by atoms with Crippen molar-refractivity contribution in [3.63, 3.8) is 0 Å². The number of aromatic nitrogens is 3. The number of hydrogen-bond donors (Lipinski definition) is 0. The Bertz CT molecular complexity index is 3350. The van der Waals surface area contributed by atoms with Gasteiger partial charge in [-0.1, -0.05) is 140 Å². The monoisotopic (exact) mass is 740 g/mol. The summed E-state index contributed by atoms with van der Waals surface area (Å²) in [6, 6.07) is 69.1. The van der Waals surface area contributed by atoms with Crippen LogP contribution in [0.4, 0.5) is 0 Å². The second-order valence-corrected chi connectivity index (χ2v) is 14.5. The van der Waals surface area contributed by atoms with Crippen LogP contribution < -0.4 is 0 Å². The van der Waals surface area contributed by atoms with Gasteiger partial charge >= 0.3 is 0 Å². The van der Waals surface area contributed by atoms with Gasteiger partial charge in [0.2, 0.25) is 0 Å². The highest BCUT2D eigenvalue weighted by atomic mass is 16.3. The van der Waals surface area contributed by atoms with Crippen LogP contribution in [0.2, 0.25) is 0 Å². The summed E-state index contributed by atoms with van der Waals surface area (Å²) in [4.78, 5) is 10.3. The van der Waals surface area contributed by atoms with Crippen LogP contribution in [0, 0.1) is 11.3 Å². The second-order valence-electron chi connectivity index (χ2n) is 14.5. The Hall–Kier alpha value is -8.07. The van der Waals surface area contributed by atoms with E-state index < -0.39 is 0 Å². The van der Waals surface area contributed by atoms with E-state index in [-0.39, 0.29) is 0 Å². The zero-order chi connectivity index (χ0) is 38.6. The predicted octanol–water partition coefficient (Wildman–Crippen LogP) is 13.7. The number of benzene rings is 8. The van der Waals surface area contributed by atoms with Crippen molar-refractivity contribution in [3.05, 3.63) is 200 Å². The van der Waals surface area contributed by atoms with Gasteiger partial charge in [-0.05, 0) is 71.3 Å². The maximum atomic E-state index is 9.91. The fourth-order valence-electron chi connectivity index (χ4n) is 8.28. The van der Waals surface area contributed by atoms with E-state index in [0.29, 0.717) is 11.4 Å². The van der Waals surface area contributed by atoms with E-state index in [1.807, 2.05) is 78.9 Å². The average Bonchev–Trinajstić information content (AvgIpc) is 3.85. The smallest absolute Gasteiger partial charge is 0.160 e. The highest BCUT2D eigenvalue weighted by Gasteiger charge is 2.19. The Morgan fingerprint density at radius 1 is 0.431 bits per heavy atom. The normalized spacial score (nSPS) is 11.4. The molecular weight excluding hydrogens is 709 g/mol. The van der Waals surface area contributed by atoms with Crippen LogP contribution in [-0.4, -0.2) is 14.5 Å². The first kappa shape index (κ1) is 33.3. The van der Waals surface area contributed by atoms with E-state index in [1.54, 1.807) is 0 Å². The van der Waals surface area contributed by atoms with Crippen molar-refractivity contribution in [2.24, 2.45) is 0 Å². The van der Waals surface area contributed by atoms with Gasteiger partial charge in [-0.2, -0.15) is 5.26 Å². The zero-order valence-electron chi connectivity index (χ0n) is 31.2. The fourth-order valence-corrected chi connectivity index (χ4v) is 8.28. The summed E-state index contributed by atoms with van der Waals surface area (Å²) in [6.07, 6.45) is 0. The third kappa shape index (κ3) is 5.63. The first-order valence-corrected chi connectivity index (χ1v) is 19.3. The average molecular weight is 741 g/mol. The van der Waals surface area contributed by atoms with Crippen molar-refractivity contribution >= 4 is 43.7 Å². The summed E-state index contributed by atoms with van der Waals surface area (Å²) < 4.78 is 8.87. The van der Waals surface area contributed by atoms with E-state index in [1.165, 1.54) is 0 Å². The SMILES string of the molecule is N#Cc1cccc(-c2cc(-c3cc(-c4ccccc4)nc(-c4ccccc4)n3)cc(-n3c4ccccc4c4ccc(-c5cccc6c5oc5ccccc56)cc43)c2)c1. The van der Waals surface area contributed by atoms with Gasteiger partial charge in [-0.15, -0.1) is 0 Å². The van der Waals surface area contributed by atoms with Crippen molar-refractivity contribution in [1.82, 2.24) is 14.5 Å². The summed E-state index contributed by atoms with van der Waals surface area (Å²) in [7, 11) is 0. The van der Waals surface area contributed by atoms with E-state index in [9.17, 15) is 5.26 Å². The molecule has 0 saturated heterocycles. The molecule has 58 heavy (non-hydrogen) atoms. The van der Waals surface area contributed by atoms with Gasteiger partial charge in [-0.25, -0.2) is 9.97 Å². The number of nitriles is 1. The quantitative estimate of drug-likeness (QED) is 0.170. The Labute approximate surface area is 334 Å². The van der Waals surface area contributed by atoms with Gasteiger partial charge in [0.15, 0.2) is 5.82 Å². The molecule has 270 valence electrons. The number of hydrogen-bond acceptors (Lipinski definition) is 4. The molecule has 11 rings (SSSR count). The zero-order valence-corrected chi connectivity index (χ0v) is 31.2. The van der Waals surface area contributed by atoms with E-state index in [4.69, 9.17) is 14.4 Å². The summed E-state index contributed by atoms with van der Waals surface area (Å²) in [6.45, 7) is 0. The minimum absolute atomic E-state index is 0.602. The van der Waals surface area contributed by atoms with Gasteiger partial charge in [-0.3, -0.25) is 0 Å². The van der Waals surface area contributed by atoms with Crippen LogP contribution in [0.3, 0.4) is 0 Å². The van der Waals surface area contributed by atoms with E-state index in [2.05, 4.69) is 126 Å². The highest BCUT2D eigenvalue weighted by Crippen LogP contribution is 2.41.